The summed E-state index contributed by atoms with van der Waals surface area (Å²) < 4.78 is -0.0849. The molecule has 0 aromatic carbocycles. The molecule has 3 amide bonds. The Morgan fingerprint density at radius 2 is 1.59 bits per heavy atom. The smallest absolute Gasteiger partial charge is 0.323 e. The van der Waals surface area contributed by atoms with Gasteiger partial charge in [0.1, 0.15) is 4.71 Å². The molecule has 0 unspecified atom stereocenters. The number of amidine groups is 1. The Kier molecular flexibility index (Phi) is 7.27. The number of carbonyl (C=O) groups is 2. The topological polar surface area (TPSA) is 65.0 Å². The number of aliphatic imine (C=N–C) groups is 1. The maximum atomic E-state index is 13.2. The van der Waals surface area contributed by atoms with E-state index in [4.69, 9.17) is 11.6 Å². The van der Waals surface area contributed by atoms with Crippen LogP contribution in [0.1, 0.15) is 70.6 Å². The lowest BCUT2D eigenvalue weighted by Gasteiger charge is -2.43. The predicted molar refractivity (Wildman–Crippen MR) is 118 cm³/mol. The van der Waals surface area contributed by atoms with Crippen LogP contribution in [0.3, 0.4) is 0 Å². The van der Waals surface area contributed by atoms with E-state index < -0.39 is 0 Å². The molecule has 2 aliphatic carbocycles. The number of hydrogen-bond acceptors (Lipinski definition) is 4. The van der Waals surface area contributed by atoms with Crippen LogP contribution in [0.4, 0.5) is 4.79 Å². The first-order chi connectivity index (χ1) is 14.1. The Balaban J connectivity index is 1.38. The molecule has 8 heteroatoms. The highest BCUT2D eigenvalue weighted by atomic mass is 35.5. The van der Waals surface area contributed by atoms with Crippen molar-refractivity contribution in [2.24, 2.45) is 10.9 Å². The second-order valence-electron chi connectivity index (χ2n) is 8.84. The maximum absolute atomic E-state index is 13.2. The molecule has 1 atom stereocenters. The highest BCUT2D eigenvalue weighted by Gasteiger charge is 2.37. The van der Waals surface area contributed by atoms with Gasteiger partial charge in [-0.05, 0) is 38.5 Å². The van der Waals surface area contributed by atoms with E-state index in [2.05, 4.69) is 20.1 Å². The third-order valence-corrected chi connectivity index (χ3v) is 8.17. The van der Waals surface area contributed by atoms with E-state index in [1.54, 1.807) is 0 Å². The summed E-state index contributed by atoms with van der Waals surface area (Å²) in [6.07, 6.45) is 12.0. The van der Waals surface area contributed by atoms with Gasteiger partial charge in [0.25, 0.3) is 0 Å². The summed E-state index contributed by atoms with van der Waals surface area (Å²) in [4.78, 5) is 34.5. The quantitative estimate of drug-likeness (QED) is 0.669. The van der Waals surface area contributed by atoms with Crippen molar-refractivity contribution in [2.75, 3.05) is 19.6 Å². The Labute approximate surface area is 183 Å². The van der Waals surface area contributed by atoms with Crippen LogP contribution < -0.4 is 5.32 Å². The zero-order valence-electron chi connectivity index (χ0n) is 17.2. The number of halogens is 1. The number of hydrogen-bond donors (Lipinski definition) is 1. The van der Waals surface area contributed by atoms with Gasteiger partial charge in [-0.3, -0.25) is 15.1 Å². The minimum Gasteiger partial charge on any atom is -0.342 e. The second-order valence-corrected chi connectivity index (χ2v) is 10.8. The molecule has 0 spiro atoms. The van der Waals surface area contributed by atoms with Crippen LogP contribution in [0.15, 0.2) is 4.99 Å². The summed E-state index contributed by atoms with van der Waals surface area (Å²) in [6.45, 7) is 2.10. The van der Waals surface area contributed by atoms with Crippen LogP contribution >= 0.6 is 23.4 Å². The number of carbonyl (C=O) groups excluding carboxylic acids is 2. The van der Waals surface area contributed by atoms with Crippen LogP contribution in [-0.2, 0) is 4.79 Å². The number of alkyl halides is 1. The molecule has 6 nitrogen and oxygen atoms in total. The van der Waals surface area contributed by atoms with Gasteiger partial charge < -0.3 is 9.80 Å². The lowest BCUT2D eigenvalue weighted by atomic mass is 9.91. The van der Waals surface area contributed by atoms with Gasteiger partial charge in [-0.25, -0.2) is 4.79 Å². The maximum Gasteiger partial charge on any atom is 0.323 e. The summed E-state index contributed by atoms with van der Waals surface area (Å²) in [7, 11) is 0. The van der Waals surface area contributed by atoms with Crippen molar-refractivity contribution >= 4 is 40.5 Å². The minimum atomic E-state index is -0.0849. The van der Waals surface area contributed by atoms with Crippen molar-refractivity contribution in [3.63, 3.8) is 0 Å². The molecule has 2 saturated carbocycles. The zero-order valence-corrected chi connectivity index (χ0v) is 18.7. The highest BCUT2D eigenvalue weighted by Crippen LogP contribution is 2.31. The number of urea groups is 1. The SMILES string of the molecule is O=C(C1CCCC1)N1CCC(N(C(=O)NC2=NC[C@@H](Cl)S2)C2CCCCC2)CC1. The fourth-order valence-corrected chi connectivity index (χ4v) is 6.37. The number of piperidine rings is 1. The summed E-state index contributed by atoms with van der Waals surface area (Å²) in [5.41, 5.74) is 0. The number of thioether (sulfide) groups is 1. The number of likely N-dealkylation sites (tertiary alicyclic amines) is 1. The molecule has 0 radical (unpaired) electrons. The van der Waals surface area contributed by atoms with Crippen LogP contribution in [0, 0.1) is 5.92 Å². The lowest BCUT2D eigenvalue weighted by Crippen LogP contribution is -2.56. The van der Waals surface area contributed by atoms with Crippen molar-refractivity contribution in [1.82, 2.24) is 15.1 Å². The third kappa shape index (κ3) is 5.22. The number of nitrogens with zero attached hydrogens (tertiary/aromatic N) is 3. The standard InChI is InChI=1S/C21H33ClN4O2S/c22-18-14-23-20(29-18)24-21(28)26(16-8-2-1-3-9-16)17-10-12-25(13-11-17)19(27)15-6-4-5-7-15/h15-18H,1-14H2,(H,23,24,28)/t18-/m0/s1. The molecule has 0 aromatic heterocycles. The first-order valence-corrected chi connectivity index (χ1v) is 12.7. The van der Waals surface area contributed by atoms with Gasteiger partial charge in [0, 0.05) is 31.1 Å². The molecule has 4 rings (SSSR count). The summed E-state index contributed by atoms with van der Waals surface area (Å²) in [5.74, 6) is 0.588. The highest BCUT2D eigenvalue weighted by molar-refractivity contribution is 8.15. The molecule has 1 N–H and O–H groups in total. The molecule has 2 heterocycles. The van der Waals surface area contributed by atoms with E-state index in [-0.39, 0.29) is 22.7 Å². The molecular weight excluding hydrogens is 408 g/mol. The minimum absolute atomic E-state index is 0.0329. The van der Waals surface area contributed by atoms with Crippen molar-refractivity contribution < 1.29 is 9.59 Å². The third-order valence-electron chi connectivity index (χ3n) is 6.91. The Morgan fingerprint density at radius 3 is 2.21 bits per heavy atom. The van der Waals surface area contributed by atoms with Crippen molar-refractivity contribution in [2.45, 2.75) is 87.4 Å². The Bertz CT molecular complexity index is 626. The Hall–Kier alpha value is -0.950. The van der Waals surface area contributed by atoms with E-state index in [1.807, 2.05) is 0 Å². The average molecular weight is 441 g/mol. The van der Waals surface area contributed by atoms with Gasteiger partial charge in [0.2, 0.25) is 5.91 Å². The Morgan fingerprint density at radius 1 is 0.966 bits per heavy atom. The fourth-order valence-electron chi connectivity index (χ4n) is 5.36. The summed E-state index contributed by atoms with van der Waals surface area (Å²) in [5, 5.41) is 3.66. The van der Waals surface area contributed by atoms with E-state index in [0.29, 0.717) is 23.7 Å². The molecule has 1 saturated heterocycles. The molecule has 0 aromatic rings. The molecule has 2 aliphatic heterocycles. The second kappa shape index (κ2) is 9.90. The van der Waals surface area contributed by atoms with Gasteiger partial charge >= 0.3 is 6.03 Å². The van der Waals surface area contributed by atoms with E-state index in [1.165, 1.54) is 43.9 Å². The van der Waals surface area contributed by atoms with Crippen molar-refractivity contribution in [3.05, 3.63) is 0 Å². The summed E-state index contributed by atoms with van der Waals surface area (Å²) in [6, 6.07) is 0.462. The zero-order chi connectivity index (χ0) is 20.2. The number of amides is 3. The van der Waals surface area contributed by atoms with Gasteiger partial charge in [0.05, 0.1) is 6.54 Å². The number of nitrogens with one attached hydrogen (secondary N) is 1. The first kappa shape index (κ1) is 21.3. The van der Waals surface area contributed by atoms with E-state index in [0.717, 1.165) is 51.6 Å². The van der Waals surface area contributed by atoms with Gasteiger partial charge in [-0.15, -0.1) is 11.6 Å². The van der Waals surface area contributed by atoms with Gasteiger partial charge in [0.15, 0.2) is 5.17 Å². The monoisotopic (exact) mass is 440 g/mol. The van der Waals surface area contributed by atoms with E-state index >= 15 is 0 Å². The predicted octanol–water partition coefficient (Wildman–Crippen LogP) is 4.18. The van der Waals surface area contributed by atoms with Crippen LogP contribution in [0.2, 0.25) is 0 Å². The number of rotatable bonds is 3. The summed E-state index contributed by atoms with van der Waals surface area (Å²) >= 11 is 7.54. The average Bonchev–Trinajstić information content (AvgIpc) is 3.41. The normalized spacial score (nSPS) is 27.1. The van der Waals surface area contributed by atoms with Crippen LogP contribution in [-0.4, -0.2) is 63.3 Å². The molecule has 0 bridgehead atoms. The van der Waals surface area contributed by atoms with Gasteiger partial charge in [-0.2, -0.15) is 0 Å². The molecule has 4 aliphatic rings. The van der Waals surface area contributed by atoms with Crippen molar-refractivity contribution in [1.29, 1.82) is 0 Å². The van der Waals surface area contributed by atoms with Crippen molar-refractivity contribution in [3.8, 4) is 0 Å². The van der Waals surface area contributed by atoms with Gasteiger partial charge in [-0.1, -0.05) is 43.9 Å². The molecule has 29 heavy (non-hydrogen) atoms. The fraction of sp³-hybridized carbons (Fsp3) is 0.857. The molecule has 3 fully saturated rings. The molecular formula is C21H33ClN4O2S. The lowest BCUT2D eigenvalue weighted by molar-refractivity contribution is -0.136. The largest absolute Gasteiger partial charge is 0.342 e. The van der Waals surface area contributed by atoms with E-state index in [9.17, 15) is 9.59 Å². The molecule has 162 valence electrons. The van der Waals surface area contributed by atoms with Crippen LogP contribution in [0.5, 0.6) is 0 Å². The van der Waals surface area contributed by atoms with Crippen LogP contribution in [0.25, 0.3) is 0 Å². The first-order valence-electron chi connectivity index (χ1n) is 11.3.